The van der Waals surface area contributed by atoms with Crippen LogP contribution in [0.5, 0.6) is 5.75 Å². The molecular weight excluding hydrogens is 446 g/mol. The number of amides is 3. The van der Waals surface area contributed by atoms with Crippen molar-refractivity contribution in [2.75, 3.05) is 19.0 Å². The number of rotatable bonds is 4. The van der Waals surface area contributed by atoms with Gasteiger partial charge in [0.1, 0.15) is 10.6 Å². The van der Waals surface area contributed by atoms with Crippen molar-refractivity contribution in [3.05, 3.63) is 50.4 Å². The van der Waals surface area contributed by atoms with Crippen molar-refractivity contribution in [1.29, 1.82) is 0 Å². The molecule has 0 fully saturated rings. The van der Waals surface area contributed by atoms with Crippen molar-refractivity contribution in [1.82, 2.24) is 20.6 Å². The number of aromatic nitrogens is 2. The van der Waals surface area contributed by atoms with Crippen LogP contribution in [-0.2, 0) is 29.0 Å². The summed E-state index contributed by atoms with van der Waals surface area (Å²) in [5.41, 5.74) is 1.77. The highest BCUT2D eigenvalue weighted by molar-refractivity contribution is 7.18. The first-order chi connectivity index (χ1) is 15.9. The van der Waals surface area contributed by atoms with Crippen LogP contribution >= 0.6 is 11.3 Å². The van der Waals surface area contributed by atoms with E-state index in [1.54, 1.807) is 25.2 Å². The van der Waals surface area contributed by atoms with Crippen molar-refractivity contribution < 1.29 is 19.1 Å². The molecule has 4 N–H and O–H groups in total. The number of ether oxygens (including phenoxy) is 1. The minimum absolute atomic E-state index is 0.0246. The molecule has 1 unspecified atom stereocenters. The molecule has 3 amide bonds. The lowest BCUT2D eigenvalue weighted by Crippen LogP contribution is -2.31. The lowest BCUT2D eigenvalue weighted by atomic mass is 9.87. The van der Waals surface area contributed by atoms with Gasteiger partial charge in [0.25, 0.3) is 17.4 Å². The zero-order valence-corrected chi connectivity index (χ0v) is 18.6. The summed E-state index contributed by atoms with van der Waals surface area (Å²) < 4.78 is 5.33. The average molecular weight is 468 g/mol. The van der Waals surface area contributed by atoms with Crippen LogP contribution in [0.3, 0.4) is 0 Å². The van der Waals surface area contributed by atoms with Gasteiger partial charge in [-0.3, -0.25) is 19.2 Å². The van der Waals surface area contributed by atoms with Crippen LogP contribution in [0.2, 0.25) is 0 Å². The highest BCUT2D eigenvalue weighted by Gasteiger charge is 2.29. The molecule has 3 heterocycles. The van der Waals surface area contributed by atoms with Crippen molar-refractivity contribution in [3.63, 3.8) is 0 Å². The number of hydrogen-bond donors (Lipinski definition) is 4. The zero-order chi connectivity index (χ0) is 23.1. The summed E-state index contributed by atoms with van der Waals surface area (Å²) in [6.07, 6.45) is 1.91. The summed E-state index contributed by atoms with van der Waals surface area (Å²) in [6, 6.07) is 5.24. The molecule has 0 spiro atoms. The lowest BCUT2D eigenvalue weighted by Gasteiger charge is -2.20. The van der Waals surface area contributed by atoms with Gasteiger partial charge in [0.05, 0.1) is 11.1 Å². The van der Waals surface area contributed by atoms with Gasteiger partial charge in [-0.15, -0.1) is 11.3 Å². The van der Waals surface area contributed by atoms with Crippen molar-refractivity contribution in [2.24, 2.45) is 5.92 Å². The SMILES string of the molecule is CNC(=O)C1CCc2sc3nc(C(=O)NCc4ccc5c(c4)NC(=O)CO5)[nH]c(=O)c3c2C1. The second-order valence-corrected chi connectivity index (χ2v) is 9.09. The number of nitrogens with zero attached hydrogens (tertiary/aromatic N) is 1. The third kappa shape index (κ3) is 3.95. The highest BCUT2D eigenvalue weighted by Crippen LogP contribution is 2.36. The van der Waals surface area contributed by atoms with E-state index in [0.29, 0.717) is 34.5 Å². The number of carbonyl (C=O) groups excluding carboxylic acids is 3. The minimum Gasteiger partial charge on any atom is -0.482 e. The zero-order valence-electron chi connectivity index (χ0n) is 17.7. The Balaban J connectivity index is 1.35. The fraction of sp³-hybridized carbons (Fsp3) is 0.318. The summed E-state index contributed by atoms with van der Waals surface area (Å²) in [5, 5.41) is 8.60. The van der Waals surface area contributed by atoms with Gasteiger partial charge in [-0.25, -0.2) is 4.98 Å². The van der Waals surface area contributed by atoms with Gasteiger partial charge in [0.15, 0.2) is 6.61 Å². The Labute approximate surface area is 191 Å². The number of hydrogen-bond acceptors (Lipinski definition) is 7. The van der Waals surface area contributed by atoms with Crippen molar-refractivity contribution in [3.8, 4) is 5.75 Å². The number of thiophene rings is 1. The predicted octanol–water partition coefficient (Wildman–Crippen LogP) is 1.10. The van der Waals surface area contributed by atoms with E-state index in [4.69, 9.17) is 4.74 Å². The average Bonchev–Trinajstić information content (AvgIpc) is 3.19. The van der Waals surface area contributed by atoms with E-state index in [1.807, 2.05) is 0 Å². The number of H-pyrrole nitrogens is 1. The first-order valence-corrected chi connectivity index (χ1v) is 11.3. The van der Waals surface area contributed by atoms with E-state index in [2.05, 4.69) is 25.9 Å². The first kappa shape index (κ1) is 21.1. The molecule has 11 heteroatoms. The molecule has 1 atom stereocenters. The Morgan fingerprint density at radius 1 is 1.30 bits per heavy atom. The van der Waals surface area contributed by atoms with Crippen molar-refractivity contribution >= 4 is 45.0 Å². The number of aryl methyl sites for hydroxylation is 1. The van der Waals surface area contributed by atoms with E-state index in [9.17, 15) is 19.2 Å². The summed E-state index contributed by atoms with van der Waals surface area (Å²) in [7, 11) is 1.61. The van der Waals surface area contributed by atoms with Crippen LogP contribution in [0.1, 0.15) is 33.0 Å². The van der Waals surface area contributed by atoms with E-state index in [-0.39, 0.29) is 42.3 Å². The smallest absolute Gasteiger partial charge is 0.287 e. The first-order valence-electron chi connectivity index (χ1n) is 10.5. The molecule has 2 aliphatic rings. The molecule has 1 aromatic carbocycles. The van der Waals surface area contributed by atoms with E-state index in [0.717, 1.165) is 22.4 Å². The molecular formula is C22H21N5O5S. The molecule has 170 valence electrons. The van der Waals surface area contributed by atoms with Crippen LogP contribution in [-0.4, -0.2) is 41.3 Å². The Kier molecular flexibility index (Phi) is 5.33. The van der Waals surface area contributed by atoms with E-state index >= 15 is 0 Å². The number of aromatic amines is 1. The molecule has 33 heavy (non-hydrogen) atoms. The Morgan fingerprint density at radius 2 is 2.15 bits per heavy atom. The number of carbonyl (C=O) groups is 3. The highest BCUT2D eigenvalue weighted by atomic mass is 32.1. The standard InChI is InChI=1S/C22H21N5O5S/c1-23-19(29)11-3-5-15-12(7-11)17-20(30)26-18(27-22(17)33-15)21(31)24-8-10-2-4-14-13(6-10)25-16(28)9-32-14/h2,4,6,11H,3,5,7-9H2,1H3,(H,23,29)(H,24,31)(H,25,28)(H,26,27,30). The van der Waals surface area contributed by atoms with Crippen LogP contribution in [0.25, 0.3) is 10.2 Å². The van der Waals surface area contributed by atoms with Gasteiger partial charge in [-0.2, -0.15) is 0 Å². The predicted molar refractivity (Wildman–Crippen MR) is 122 cm³/mol. The molecule has 0 bridgehead atoms. The van der Waals surface area contributed by atoms with E-state index in [1.165, 1.54) is 11.3 Å². The Morgan fingerprint density at radius 3 is 2.97 bits per heavy atom. The van der Waals surface area contributed by atoms with Gasteiger partial charge in [0, 0.05) is 24.4 Å². The van der Waals surface area contributed by atoms with E-state index < -0.39 is 5.91 Å². The maximum Gasteiger partial charge on any atom is 0.287 e. The summed E-state index contributed by atoms with van der Waals surface area (Å²) in [5.74, 6) is -0.450. The number of fused-ring (bicyclic) bond motifs is 4. The van der Waals surface area contributed by atoms with Crippen LogP contribution in [0, 0.1) is 5.92 Å². The van der Waals surface area contributed by atoms with Crippen LogP contribution in [0.4, 0.5) is 5.69 Å². The maximum absolute atomic E-state index is 12.8. The van der Waals surface area contributed by atoms with Gasteiger partial charge < -0.3 is 25.7 Å². The molecule has 0 saturated carbocycles. The number of nitrogens with one attached hydrogen (secondary N) is 4. The summed E-state index contributed by atoms with van der Waals surface area (Å²) >= 11 is 1.40. The largest absolute Gasteiger partial charge is 0.482 e. The molecule has 3 aromatic rings. The Hall–Kier alpha value is -3.73. The molecule has 0 saturated heterocycles. The monoisotopic (exact) mass is 467 g/mol. The molecule has 10 nitrogen and oxygen atoms in total. The second-order valence-electron chi connectivity index (χ2n) is 8.00. The van der Waals surface area contributed by atoms with Gasteiger partial charge in [-0.05, 0) is 42.5 Å². The van der Waals surface area contributed by atoms with Crippen LogP contribution in [0.15, 0.2) is 23.0 Å². The lowest BCUT2D eigenvalue weighted by molar-refractivity contribution is -0.124. The second kappa shape index (κ2) is 8.32. The normalized spacial score (nSPS) is 16.9. The fourth-order valence-corrected chi connectivity index (χ4v) is 5.44. The van der Waals surface area contributed by atoms with Crippen LogP contribution < -0.4 is 26.2 Å². The van der Waals surface area contributed by atoms with Gasteiger partial charge >= 0.3 is 0 Å². The summed E-state index contributed by atoms with van der Waals surface area (Å²) in [6.45, 7) is 0.154. The Bertz CT molecular complexity index is 1360. The topological polar surface area (TPSA) is 142 Å². The molecule has 0 radical (unpaired) electrons. The number of anilines is 1. The number of benzene rings is 1. The maximum atomic E-state index is 12.8. The summed E-state index contributed by atoms with van der Waals surface area (Å²) in [4.78, 5) is 57.6. The quantitative estimate of drug-likeness (QED) is 0.453. The molecule has 1 aliphatic carbocycles. The third-order valence-corrected chi connectivity index (χ3v) is 7.06. The molecule has 2 aromatic heterocycles. The minimum atomic E-state index is -0.512. The molecule has 5 rings (SSSR count). The molecule has 1 aliphatic heterocycles. The fourth-order valence-electron chi connectivity index (χ4n) is 4.22. The third-order valence-electron chi connectivity index (χ3n) is 5.88. The van der Waals surface area contributed by atoms with Crippen molar-refractivity contribution in [2.45, 2.75) is 25.8 Å². The van der Waals surface area contributed by atoms with Gasteiger partial charge in [-0.1, -0.05) is 6.07 Å². The van der Waals surface area contributed by atoms with Gasteiger partial charge in [0.2, 0.25) is 11.7 Å².